The summed E-state index contributed by atoms with van der Waals surface area (Å²) in [5.74, 6) is 2.27. The third kappa shape index (κ3) is 9.99. The van der Waals surface area contributed by atoms with Crippen LogP contribution in [0.4, 0.5) is 11.4 Å². The van der Waals surface area contributed by atoms with E-state index in [2.05, 4.69) is 32.0 Å². The van der Waals surface area contributed by atoms with Gasteiger partial charge in [0.25, 0.3) is 11.8 Å². The fourth-order valence-electron chi connectivity index (χ4n) is 10.7. The zero-order valence-electron chi connectivity index (χ0n) is 40.6. The number of benzene rings is 6. The zero-order valence-corrected chi connectivity index (χ0v) is 40.6. The van der Waals surface area contributed by atoms with E-state index in [0.29, 0.717) is 48.9 Å². The molecule has 10 heteroatoms. The number of carbonyl (C=O) groups excluding carboxylic acids is 3. The number of rotatable bonds is 18. The van der Waals surface area contributed by atoms with Gasteiger partial charge in [-0.15, -0.1) is 0 Å². The van der Waals surface area contributed by atoms with Gasteiger partial charge < -0.3 is 28.9 Å². The number of ether oxygens (including phenoxy) is 3. The van der Waals surface area contributed by atoms with Gasteiger partial charge in [0.2, 0.25) is 0 Å². The van der Waals surface area contributed by atoms with Crippen molar-refractivity contribution in [1.29, 1.82) is 0 Å². The highest BCUT2D eigenvalue weighted by Gasteiger charge is 2.49. The van der Waals surface area contributed by atoms with Crippen molar-refractivity contribution in [1.82, 2.24) is 0 Å². The summed E-state index contributed by atoms with van der Waals surface area (Å²) >= 11 is 0. The molecular formula is C61H60N2O8. The van der Waals surface area contributed by atoms with E-state index in [4.69, 9.17) is 24.0 Å². The molecule has 71 heavy (non-hydrogen) atoms. The number of amides is 2. The third-order valence-electron chi connectivity index (χ3n) is 14.3. The van der Waals surface area contributed by atoms with Crippen LogP contribution in [-0.2, 0) is 40.8 Å². The second-order valence-electron chi connectivity index (χ2n) is 18.8. The molecule has 1 unspecified atom stereocenters. The van der Waals surface area contributed by atoms with Gasteiger partial charge in [0.15, 0.2) is 5.75 Å². The molecule has 2 amide bonds. The summed E-state index contributed by atoms with van der Waals surface area (Å²) in [5, 5.41) is 0. The van der Waals surface area contributed by atoms with Gasteiger partial charge in [-0.2, -0.15) is 4.89 Å². The molecule has 2 aliphatic carbocycles. The molecule has 6 aromatic carbocycles. The molecule has 2 aliphatic heterocycles. The predicted molar refractivity (Wildman–Crippen MR) is 278 cm³/mol. The summed E-state index contributed by atoms with van der Waals surface area (Å²) < 4.78 is 17.8. The maximum Gasteiger partial charge on any atom is 0.336 e. The average molecular weight is 949 g/mol. The van der Waals surface area contributed by atoms with E-state index in [-0.39, 0.29) is 23.8 Å². The minimum atomic E-state index is -0.457. The molecule has 4 aliphatic rings. The summed E-state index contributed by atoms with van der Waals surface area (Å²) in [5.41, 5.74) is 11.3. The first-order valence-corrected chi connectivity index (χ1v) is 25.3. The second kappa shape index (κ2) is 21.3. The Morgan fingerprint density at radius 1 is 0.577 bits per heavy atom. The standard InChI is InChI=1S/C61H60N2O8/c1-3-5-37-67-50-22-18-46(19-23-50)59(65)62-35-31-48-40-42(15-26-52(48)62)10-9-39-69-71-55-14-8-12-45-30-34-61(58(45)55)33-29-44-11-7-13-54(57(44)61)70-56(64)28-17-43-16-27-53-49(41-43)32-36-63(53)60(66)47-20-24-51(25-21-47)68-38-6-4-2/h7-28,40-41H,3-6,29-39H2,1-2H3. The highest BCUT2D eigenvalue weighted by atomic mass is 17.2. The Hall–Kier alpha value is -7.43. The number of esters is 1. The molecule has 0 N–H and O–H groups in total. The van der Waals surface area contributed by atoms with Crippen molar-refractivity contribution in [2.45, 2.75) is 83.5 Å². The summed E-state index contributed by atoms with van der Waals surface area (Å²) in [6.07, 6.45) is 16.3. The zero-order chi connectivity index (χ0) is 48.7. The number of unbranched alkanes of at least 4 members (excludes halogenated alkanes) is 2. The first kappa shape index (κ1) is 47.3. The van der Waals surface area contributed by atoms with Crippen LogP contribution < -0.4 is 28.9 Å². The Bertz CT molecular complexity index is 2990. The quantitative estimate of drug-likeness (QED) is 0.0210. The van der Waals surface area contributed by atoms with Crippen molar-refractivity contribution < 1.29 is 38.4 Å². The van der Waals surface area contributed by atoms with Crippen LogP contribution in [0.25, 0.3) is 12.2 Å². The van der Waals surface area contributed by atoms with Crippen molar-refractivity contribution in [3.63, 3.8) is 0 Å². The lowest BCUT2D eigenvalue weighted by Crippen LogP contribution is -2.28. The first-order valence-electron chi connectivity index (χ1n) is 25.3. The summed E-state index contributed by atoms with van der Waals surface area (Å²) in [7, 11) is 0. The summed E-state index contributed by atoms with van der Waals surface area (Å²) in [6.45, 7) is 7.05. The van der Waals surface area contributed by atoms with Gasteiger partial charge in [-0.05, 0) is 176 Å². The summed E-state index contributed by atoms with van der Waals surface area (Å²) in [4.78, 5) is 56.3. The molecule has 0 fully saturated rings. The SMILES string of the molecule is CCCCOc1ccc(C(=O)N2CCc3cc(C=CCOOc4cccc5c4C4(CC5)CCc5cccc(OC(=O)C=Cc6ccc7c(c6)CCN7C(=O)c6ccc(OCCCC)cc6)c54)ccc32)cc1. The van der Waals surface area contributed by atoms with Crippen LogP contribution in [0.1, 0.15) is 118 Å². The molecule has 0 bridgehead atoms. The van der Waals surface area contributed by atoms with E-state index in [0.717, 1.165) is 120 Å². The van der Waals surface area contributed by atoms with Crippen LogP contribution in [-0.4, -0.2) is 50.7 Å². The van der Waals surface area contributed by atoms with E-state index in [9.17, 15) is 14.4 Å². The average Bonchev–Trinajstić information content (AvgIpc) is 4.21. The molecule has 6 aromatic rings. The highest BCUT2D eigenvalue weighted by Crippen LogP contribution is 2.57. The van der Waals surface area contributed by atoms with Crippen molar-refractivity contribution in [2.24, 2.45) is 0 Å². The first-order chi connectivity index (χ1) is 34.8. The van der Waals surface area contributed by atoms with Crippen LogP contribution in [0.2, 0.25) is 0 Å². The van der Waals surface area contributed by atoms with Crippen molar-refractivity contribution in [3.05, 3.63) is 189 Å². The fourth-order valence-corrected chi connectivity index (χ4v) is 10.7. The van der Waals surface area contributed by atoms with Gasteiger partial charge in [0.05, 0.1) is 13.2 Å². The number of nitrogens with zero attached hydrogens (tertiary/aromatic N) is 2. The molecule has 1 spiro atoms. The molecule has 0 saturated heterocycles. The molecular weight excluding hydrogens is 889 g/mol. The lowest BCUT2D eigenvalue weighted by atomic mass is 9.76. The van der Waals surface area contributed by atoms with Crippen molar-refractivity contribution >= 4 is 41.3 Å². The number of aryl methyl sites for hydroxylation is 2. The van der Waals surface area contributed by atoms with Crippen LogP contribution >= 0.6 is 0 Å². The number of carbonyl (C=O) groups is 3. The number of anilines is 2. The maximum absolute atomic E-state index is 13.6. The van der Waals surface area contributed by atoms with Gasteiger partial charge in [-0.25, -0.2) is 4.79 Å². The molecule has 0 aromatic heterocycles. The van der Waals surface area contributed by atoms with Crippen molar-refractivity contribution in [3.8, 4) is 23.0 Å². The van der Waals surface area contributed by atoms with Gasteiger partial charge in [-0.1, -0.05) is 75.2 Å². The van der Waals surface area contributed by atoms with Gasteiger partial charge in [-0.3, -0.25) is 9.59 Å². The monoisotopic (exact) mass is 948 g/mol. The predicted octanol–water partition coefficient (Wildman–Crippen LogP) is 12.3. The van der Waals surface area contributed by atoms with Crippen LogP contribution in [0.5, 0.6) is 23.0 Å². The lowest BCUT2D eigenvalue weighted by molar-refractivity contribution is -0.196. The number of hydrogen-bond donors (Lipinski definition) is 0. The summed E-state index contributed by atoms with van der Waals surface area (Å²) in [6, 6.07) is 39.0. The van der Waals surface area contributed by atoms with E-state index in [1.807, 2.05) is 125 Å². The Morgan fingerprint density at radius 2 is 1.10 bits per heavy atom. The Balaban J connectivity index is 0.760. The molecule has 10 rings (SSSR count). The van der Waals surface area contributed by atoms with Gasteiger partial charge >= 0.3 is 5.97 Å². The Kier molecular flexibility index (Phi) is 14.2. The van der Waals surface area contributed by atoms with E-state index in [1.165, 1.54) is 17.2 Å². The minimum absolute atomic E-state index is 0.0130. The number of fused-ring (bicyclic) bond motifs is 6. The Labute approximate surface area is 416 Å². The third-order valence-corrected chi connectivity index (χ3v) is 14.3. The molecule has 362 valence electrons. The van der Waals surface area contributed by atoms with E-state index < -0.39 is 5.97 Å². The van der Waals surface area contributed by atoms with Crippen LogP contribution in [0.3, 0.4) is 0 Å². The largest absolute Gasteiger partial charge is 0.494 e. The smallest absolute Gasteiger partial charge is 0.336 e. The van der Waals surface area contributed by atoms with Gasteiger partial charge in [0, 0.05) is 58.2 Å². The van der Waals surface area contributed by atoms with E-state index in [1.54, 1.807) is 6.08 Å². The molecule has 0 saturated carbocycles. The normalized spacial score (nSPS) is 16.4. The molecule has 1 atom stereocenters. The van der Waals surface area contributed by atoms with E-state index >= 15 is 0 Å². The number of hydrogen-bond acceptors (Lipinski definition) is 8. The van der Waals surface area contributed by atoms with Crippen LogP contribution in [0.15, 0.2) is 133 Å². The lowest BCUT2D eigenvalue weighted by Gasteiger charge is -2.29. The van der Waals surface area contributed by atoms with Gasteiger partial charge in [0.1, 0.15) is 23.9 Å². The highest BCUT2D eigenvalue weighted by molar-refractivity contribution is 6.08. The Morgan fingerprint density at radius 3 is 1.65 bits per heavy atom. The second-order valence-corrected chi connectivity index (χ2v) is 18.8. The molecule has 10 nitrogen and oxygen atoms in total. The van der Waals surface area contributed by atoms with Crippen molar-refractivity contribution in [2.75, 3.05) is 42.7 Å². The minimum Gasteiger partial charge on any atom is -0.494 e. The maximum atomic E-state index is 13.6. The van der Waals surface area contributed by atoms with Crippen LogP contribution in [0, 0.1) is 0 Å². The molecule has 0 radical (unpaired) electrons. The fraction of sp³-hybridized carbons (Fsp3) is 0.295. The topological polar surface area (TPSA) is 104 Å². The molecule has 2 heterocycles.